The Kier molecular flexibility index (Phi) is 6.95. The molecular weight excluding hydrogens is 556 g/mol. The van der Waals surface area contributed by atoms with Gasteiger partial charge in [-0.15, -0.1) is 0 Å². The highest BCUT2D eigenvalue weighted by Crippen LogP contribution is 2.75. The summed E-state index contributed by atoms with van der Waals surface area (Å²) in [6, 6.07) is 0. The minimum absolute atomic E-state index is 0.0153. The van der Waals surface area contributed by atoms with Crippen molar-refractivity contribution in [3.05, 3.63) is 46.3 Å². The highest BCUT2D eigenvalue weighted by Gasteiger charge is 2.67. The van der Waals surface area contributed by atoms with Crippen molar-refractivity contribution in [3.8, 4) is 0 Å². The zero-order valence-electron chi connectivity index (χ0n) is 27.5. The second-order valence-electron chi connectivity index (χ2n) is 15.8. The zero-order valence-corrected chi connectivity index (χ0v) is 27.5. The van der Waals surface area contributed by atoms with Gasteiger partial charge in [-0.25, -0.2) is 4.79 Å². The fourth-order valence-electron chi connectivity index (χ4n) is 10.1. The molecule has 238 valence electrons. The van der Waals surface area contributed by atoms with Gasteiger partial charge in [-0.2, -0.15) is 0 Å². The quantitative estimate of drug-likeness (QED) is 0.389. The van der Waals surface area contributed by atoms with E-state index in [1.165, 1.54) is 12.5 Å². The van der Waals surface area contributed by atoms with Gasteiger partial charge in [-0.1, -0.05) is 45.4 Å². The summed E-state index contributed by atoms with van der Waals surface area (Å²) in [6.45, 7) is 16.4. The van der Waals surface area contributed by atoms with Gasteiger partial charge in [0.25, 0.3) is 0 Å². The largest absolute Gasteiger partial charge is 0.481 e. The first kappa shape index (κ1) is 30.8. The van der Waals surface area contributed by atoms with Crippen LogP contribution in [0.1, 0.15) is 93.4 Å². The number of amides is 2. The number of ether oxygens (including phenoxy) is 1. The van der Waals surface area contributed by atoms with Crippen molar-refractivity contribution < 1.29 is 29.0 Å². The molecule has 0 bridgehead atoms. The molecule has 2 amide bonds. The van der Waals surface area contributed by atoms with Crippen molar-refractivity contribution in [1.82, 2.24) is 9.80 Å². The summed E-state index contributed by atoms with van der Waals surface area (Å²) in [6.07, 6.45) is 11.9. The number of hydrogen-bond donors (Lipinski definition) is 1. The number of fused-ring (bicyclic) bond motifs is 7. The van der Waals surface area contributed by atoms with E-state index in [2.05, 4.69) is 39.8 Å². The van der Waals surface area contributed by atoms with Crippen molar-refractivity contribution in [2.24, 2.45) is 33.0 Å². The van der Waals surface area contributed by atoms with Crippen LogP contribution in [0.15, 0.2) is 46.3 Å². The van der Waals surface area contributed by atoms with Gasteiger partial charge in [-0.3, -0.25) is 14.4 Å². The first-order valence-electron chi connectivity index (χ1n) is 16.4. The summed E-state index contributed by atoms with van der Waals surface area (Å²) in [5.74, 6) is -0.602. The fraction of sp³-hybridized carbons (Fsp3) is 0.667. The number of hydrogen-bond acceptors (Lipinski definition) is 5. The Morgan fingerprint density at radius 3 is 2.16 bits per heavy atom. The summed E-state index contributed by atoms with van der Waals surface area (Å²) >= 11 is 0. The number of piperazine rings is 1. The molecule has 1 N–H and O–H groups in total. The zero-order chi connectivity index (χ0) is 32.0. The molecular formula is C36H48N2O6. The molecule has 1 saturated heterocycles. The molecule has 0 unspecified atom stereocenters. The maximum absolute atomic E-state index is 13.6. The molecule has 0 aromatic heterocycles. The second-order valence-corrected chi connectivity index (χ2v) is 15.8. The molecule has 1 aliphatic heterocycles. The van der Waals surface area contributed by atoms with Crippen LogP contribution in [-0.2, 0) is 19.1 Å². The average molecular weight is 605 g/mol. The van der Waals surface area contributed by atoms with Crippen LogP contribution in [-0.4, -0.2) is 64.8 Å². The van der Waals surface area contributed by atoms with Crippen LogP contribution >= 0.6 is 0 Å². The Morgan fingerprint density at radius 2 is 1.52 bits per heavy atom. The second kappa shape index (κ2) is 9.92. The Labute approximate surface area is 261 Å². The molecule has 0 aromatic rings. The first-order valence-corrected chi connectivity index (χ1v) is 16.4. The molecule has 0 aromatic carbocycles. The van der Waals surface area contributed by atoms with Crippen LogP contribution in [0.5, 0.6) is 0 Å². The van der Waals surface area contributed by atoms with Gasteiger partial charge in [0.2, 0.25) is 11.7 Å². The minimum Gasteiger partial charge on any atom is -0.481 e. The molecule has 5 aliphatic carbocycles. The van der Waals surface area contributed by atoms with Gasteiger partial charge < -0.3 is 19.6 Å². The van der Waals surface area contributed by atoms with E-state index < -0.39 is 17.5 Å². The number of carbonyl (C=O) groups is 4. The fourth-order valence-corrected chi connectivity index (χ4v) is 10.1. The van der Waals surface area contributed by atoms with Crippen LogP contribution < -0.4 is 0 Å². The summed E-state index contributed by atoms with van der Waals surface area (Å²) < 4.78 is 5.76. The van der Waals surface area contributed by atoms with E-state index in [9.17, 15) is 24.3 Å². The molecule has 6 aliphatic rings. The van der Waals surface area contributed by atoms with Crippen molar-refractivity contribution >= 4 is 23.8 Å². The van der Waals surface area contributed by atoms with E-state index in [0.29, 0.717) is 44.1 Å². The van der Waals surface area contributed by atoms with Gasteiger partial charge in [0.15, 0.2) is 5.76 Å². The van der Waals surface area contributed by atoms with Crippen LogP contribution in [0.25, 0.3) is 0 Å². The summed E-state index contributed by atoms with van der Waals surface area (Å²) in [5, 5.41) is 10.2. The average Bonchev–Trinajstić information content (AvgIpc) is 2.97. The lowest BCUT2D eigenvalue weighted by atomic mass is 9.34. The molecule has 0 radical (unpaired) electrons. The first-order chi connectivity index (χ1) is 20.5. The lowest BCUT2D eigenvalue weighted by Gasteiger charge is -2.70. The third-order valence-corrected chi connectivity index (χ3v) is 13.5. The molecule has 8 nitrogen and oxygen atoms in total. The highest BCUT2D eigenvalue weighted by molar-refractivity contribution is 6.08. The van der Waals surface area contributed by atoms with Crippen molar-refractivity contribution in [1.29, 1.82) is 0 Å². The molecule has 6 atom stereocenters. The summed E-state index contributed by atoms with van der Waals surface area (Å²) in [7, 11) is 0. The lowest BCUT2D eigenvalue weighted by molar-refractivity contribution is -0.178. The number of aliphatic carboxylic acids is 1. The molecule has 1 heterocycles. The van der Waals surface area contributed by atoms with Gasteiger partial charge in [0.1, 0.15) is 0 Å². The monoisotopic (exact) mass is 604 g/mol. The van der Waals surface area contributed by atoms with E-state index in [0.717, 1.165) is 49.7 Å². The Bertz CT molecular complexity index is 1480. The normalized spacial score (nSPS) is 40.0. The van der Waals surface area contributed by atoms with Gasteiger partial charge in [-0.05, 0) is 98.2 Å². The predicted octanol–water partition coefficient (Wildman–Crippen LogP) is 6.44. The van der Waals surface area contributed by atoms with E-state index >= 15 is 0 Å². The Balaban J connectivity index is 1.32. The SMILES string of the molecule is CC(=O)N1CCN(C(=O)OC2=C(C)C3=CC=C4[C@@](C)(CC[C@@]5(C)[C@@H]6C[C@](C)(C(=O)O)CC[C@]6(C)CC[C@]45C)C3=CC2=O)CC1. The van der Waals surface area contributed by atoms with E-state index in [1.807, 2.05) is 13.8 Å². The Hall–Kier alpha value is -3.16. The summed E-state index contributed by atoms with van der Waals surface area (Å²) in [4.78, 5) is 54.1. The number of allylic oxidation sites excluding steroid dienone is 7. The van der Waals surface area contributed by atoms with Crippen molar-refractivity contribution in [2.75, 3.05) is 26.2 Å². The third-order valence-electron chi connectivity index (χ3n) is 13.5. The molecule has 6 rings (SSSR count). The number of nitrogens with zero attached hydrogens (tertiary/aromatic N) is 2. The minimum atomic E-state index is -0.699. The Morgan fingerprint density at radius 1 is 0.886 bits per heavy atom. The number of carboxylic acid groups (broad SMARTS) is 1. The van der Waals surface area contributed by atoms with Crippen LogP contribution in [0, 0.1) is 33.0 Å². The lowest BCUT2D eigenvalue weighted by Crippen LogP contribution is -2.62. The third kappa shape index (κ3) is 4.22. The van der Waals surface area contributed by atoms with Gasteiger partial charge >= 0.3 is 12.1 Å². The molecule has 4 fully saturated rings. The standard InChI is InChI=1S/C36H48N2O6/c1-22-24-8-9-27-34(5,25(24)20-26(40)29(22)44-31(43)38-18-16-37(17-19-38)23(2)39)13-15-36(7)28-21-33(4,30(41)42)11-10-32(28,3)12-14-35(27,36)6/h8-9,20,28H,10-19,21H2,1-7H3,(H,41,42)/t28-,32-,33-,34+,35-,36+/m1/s1. The smallest absolute Gasteiger partial charge is 0.415 e. The predicted molar refractivity (Wildman–Crippen MR) is 166 cm³/mol. The van der Waals surface area contributed by atoms with Crippen LogP contribution in [0.2, 0.25) is 0 Å². The van der Waals surface area contributed by atoms with E-state index in [1.54, 1.807) is 15.9 Å². The molecule has 3 saturated carbocycles. The van der Waals surface area contributed by atoms with Crippen LogP contribution in [0.3, 0.4) is 0 Å². The highest BCUT2D eigenvalue weighted by atomic mass is 16.6. The maximum Gasteiger partial charge on any atom is 0.415 e. The molecule has 0 spiro atoms. The topological polar surface area (TPSA) is 104 Å². The molecule has 44 heavy (non-hydrogen) atoms. The van der Waals surface area contributed by atoms with Crippen molar-refractivity contribution in [3.63, 3.8) is 0 Å². The number of carboxylic acids is 1. The maximum atomic E-state index is 13.6. The number of ketones is 1. The van der Waals surface area contributed by atoms with Crippen molar-refractivity contribution in [2.45, 2.75) is 93.4 Å². The van der Waals surface area contributed by atoms with Gasteiger partial charge in [0.05, 0.1) is 5.41 Å². The summed E-state index contributed by atoms with van der Waals surface area (Å²) in [5.41, 5.74) is 2.87. The van der Waals surface area contributed by atoms with Gasteiger partial charge in [0, 0.05) is 44.1 Å². The van der Waals surface area contributed by atoms with Crippen LogP contribution in [0.4, 0.5) is 4.79 Å². The van der Waals surface area contributed by atoms with E-state index in [4.69, 9.17) is 4.74 Å². The van der Waals surface area contributed by atoms with E-state index in [-0.39, 0.29) is 39.1 Å². The number of rotatable bonds is 2. The number of carbonyl (C=O) groups excluding carboxylic acids is 3. The molecule has 8 heteroatoms.